The molecule has 5 rings (SSSR count). The summed E-state index contributed by atoms with van der Waals surface area (Å²) in [5.41, 5.74) is 2.12. The Balaban J connectivity index is 1.29. The number of esters is 1. The van der Waals surface area contributed by atoms with E-state index in [4.69, 9.17) is 14.2 Å². The summed E-state index contributed by atoms with van der Waals surface area (Å²) in [6, 6.07) is 12.5. The topological polar surface area (TPSA) is 94.1 Å². The number of hydrogen-bond acceptors (Lipinski definition) is 8. The molecule has 1 aromatic carbocycles. The van der Waals surface area contributed by atoms with Gasteiger partial charge in [0.15, 0.2) is 0 Å². The number of pyridine rings is 2. The first kappa shape index (κ1) is 35.1. The average molecular weight is 661 g/mol. The molecule has 1 aliphatic heterocycles. The molecule has 3 aromatic rings. The number of anilines is 2. The molecule has 1 atom stereocenters. The lowest BCUT2D eigenvalue weighted by Crippen LogP contribution is -2.41. The van der Waals surface area contributed by atoms with Crippen molar-refractivity contribution in [3.05, 3.63) is 71.3 Å². The lowest BCUT2D eigenvalue weighted by atomic mass is 9.92. The van der Waals surface area contributed by atoms with E-state index >= 15 is 4.39 Å². The van der Waals surface area contributed by atoms with Crippen molar-refractivity contribution in [2.24, 2.45) is 17.3 Å². The van der Waals surface area contributed by atoms with Crippen LogP contribution >= 0.6 is 0 Å². The Hall–Kier alpha value is -4.21. The Morgan fingerprint density at radius 2 is 1.83 bits per heavy atom. The summed E-state index contributed by atoms with van der Waals surface area (Å²) >= 11 is 0. The second-order valence-electron chi connectivity index (χ2n) is 14.2. The van der Waals surface area contributed by atoms with Gasteiger partial charge in [0.2, 0.25) is 5.88 Å². The van der Waals surface area contributed by atoms with Crippen molar-refractivity contribution in [3.8, 4) is 11.6 Å². The summed E-state index contributed by atoms with van der Waals surface area (Å²) in [6.07, 6.45) is 5.94. The fourth-order valence-corrected chi connectivity index (χ4v) is 6.42. The third-order valence-electron chi connectivity index (χ3n) is 9.01. The van der Waals surface area contributed by atoms with Crippen LogP contribution in [0.1, 0.15) is 87.3 Å². The van der Waals surface area contributed by atoms with Gasteiger partial charge in [-0.15, -0.1) is 0 Å². The van der Waals surface area contributed by atoms with Gasteiger partial charge in [-0.25, -0.2) is 14.4 Å². The SMILES string of the molecule is CCOC(=O)CC(c1ccnc(OCC2CCN(c3cc(OC)cc(F)c3C(=O)N(CC(C)(C)C)c3cccc(C)n3)CC2)c1)C1CC1. The second-order valence-corrected chi connectivity index (χ2v) is 14.2. The van der Waals surface area contributed by atoms with Crippen molar-refractivity contribution in [1.29, 1.82) is 0 Å². The third kappa shape index (κ3) is 9.02. The smallest absolute Gasteiger partial charge is 0.306 e. The van der Waals surface area contributed by atoms with Crippen molar-refractivity contribution in [3.63, 3.8) is 0 Å². The molecule has 0 N–H and O–H groups in total. The molecule has 258 valence electrons. The number of methoxy groups -OCH3 is 1. The number of benzene rings is 1. The number of rotatable bonds is 13. The number of amides is 1. The van der Waals surface area contributed by atoms with E-state index < -0.39 is 11.7 Å². The zero-order valence-electron chi connectivity index (χ0n) is 29.1. The van der Waals surface area contributed by atoms with Crippen LogP contribution in [0.15, 0.2) is 48.7 Å². The predicted octanol–water partition coefficient (Wildman–Crippen LogP) is 7.37. The number of ether oxygens (including phenoxy) is 3. The summed E-state index contributed by atoms with van der Waals surface area (Å²) in [7, 11) is 1.50. The summed E-state index contributed by atoms with van der Waals surface area (Å²) in [4.78, 5) is 39.3. The van der Waals surface area contributed by atoms with Crippen LogP contribution in [-0.2, 0) is 9.53 Å². The minimum atomic E-state index is -0.621. The van der Waals surface area contributed by atoms with Gasteiger partial charge < -0.3 is 19.1 Å². The zero-order chi connectivity index (χ0) is 34.4. The van der Waals surface area contributed by atoms with Crippen LogP contribution in [0.25, 0.3) is 0 Å². The summed E-state index contributed by atoms with van der Waals surface area (Å²) in [5.74, 6) is 1.04. The predicted molar refractivity (Wildman–Crippen MR) is 184 cm³/mol. The molecule has 1 unspecified atom stereocenters. The highest BCUT2D eigenvalue weighted by molar-refractivity contribution is 6.09. The van der Waals surface area contributed by atoms with E-state index in [1.54, 1.807) is 23.2 Å². The Bertz CT molecular complexity index is 1580. The normalized spacial score (nSPS) is 15.9. The number of hydrogen-bond donors (Lipinski definition) is 0. The third-order valence-corrected chi connectivity index (χ3v) is 9.01. The van der Waals surface area contributed by atoms with Crippen LogP contribution in [0.4, 0.5) is 15.9 Å². The van der Waals surface area contributed by atoms with Gasteiger partial charge in [0.05, 0.1) is 38.0 Å². The highest BCUT2D eigenvalue weighted by Gasteiger charge is 2.35. The molecular weight excluding hydrogens is 611 g/mol. The number of halogens is 1. The molecule has 1 saturated carbocycles. The quantitative estimate of drug-likeness (QED) is 0.176. The van der Waals surface area contributed by atoms with E-state index in [2.05, 4.69) is 14.9 Å². The highest BCUT2D eigenvalue weighted by Crippen LogP contribution is 2.45. The van der Waals surface area contributed by atoms with Gasteiger partial charge in [-0.1, -0.05) is 26.8 Å². The minimum Gasteiger partial charge on any atom is -0.497 e. The molecule has 0 bridgehead atoms. The fourth-order valence-electron chi connectivity index (χ4n) is 6.42. The van der Waals surface area contributed by atoms with Crippen LogP contribution < -0.4 is 19.3 Å². The van der Waals surface area contributed by atoms with Crippen LogP contribution in [0.3, 0.4) is 0 Å². The lowest BCUT2D eigenvalue weighted by Gasteiger charge is -2.36. The Labute approximate surface area is 283 Å². The molecule has 2 aromatic heterocycles. The van der Waals surface area contributed by atoms with E-state index in [0.717, 1.165) is 36.9 Å². The van der Waals surface area contributed by atoms with Crippen LogP contribution in [0.5, 0.6) is 11.6 Å². The number of carbonyl (C=O) groups excluding carboxylic acids is 2. The maximum absolute atomic E-state index is 15.9. The molecule has 9 nitrogen and oxygen atoms in total. The van der Waals surface area contributed by atoms with Gasteiger partial charge in [-0.05, 0) is 86.5 Å². The highest BCUT2D eigenvalue weighted by atomic mass is 19.1. The van der Waals surface area contributed by atoms with Gasteiger partial charge in [0.1, 0.15) is 17.4 Å². The van der Waals surface area contributed by atoms with Gasteiger partial charge in [-0.2, -0.15) is 0 Å². The first-order valence-corrected chi connectivity index (χ1v) is 17.1. The van der Waals surface area contributed by atoms with Gasteiger partial charge in [0.25, 0.3) is 5.91 Å². The van der Waals surface area contributed by atoms with Crippen LogP contribution in [0.2, 0.25) is 0 Å². The number of carbonyl (C=O) groups is 2. The van der Waals surface area contributed by atoms with E-state index in [1.165, 1.54) is 13.2 Å². The van der Waals surface area contributed by atoms with Crippen molar-refractivity contribution in [2.45, 2.75) is 72.6 Å². The molecule has 1 aliphatic carbocycles. The second kappa shape index (κ2) is 15.3. The number of nitrogens with zero attached hydrogens (tertiary/aromatic N) is 4. The van der Waals surface area contributed by atoms with Crippen molar-refractivity contribution >= 4 is 23.4 Å². The van der Waals surface area contributed by atoms with E-state index in [-0.39, 0.29) is 28.8 Å². The fraction of sp³-hybridized carbons (Fsp3) is 0.526. The van der Waals surface area contributed by atoms with Gasteiger partial charge in [0, 0.05) is 49.7 Å². The molecular formula is C38H49FN4O5. The number of aryl methyl sites for hydroxylation is 1. The minimum absolute atomic E-state index is 0.0205. The average Bonchev–Trinajstić information content (AvgIpc) is 3.90. The lowest BCUT2D eigenvalue weighted by molar-refractivity contribution is -0.143. The van der Waals surface area contributed by atoms with Gasteiger partial charge in [-0.3, -0.25) is 14.5 Å². The molecule has 0 radical (unpaired) electrons. The molecule has 0 spiro atoms. The van der Waals surface area contributed by atoms with Crippen LogP contribution in [-0.4, -0.2) is 61.8 Å². The van der Waals surface area contributed by atoms with Crippen LogP contribution in [0, 0.1) is 30.0 Å². The van der Waals surface area contributed by atoms with Gasteiger partial charge >= 0.3 is 5.97 Å². The maximum Gasteiger partial charge on any atom is 0.306 e. The first-order valence-electron chi connectivity index (χ1n) is 17.1. The molecule has 3 heterocycles. The number of piperidine rings is 1. The van der Waals surface area contributed by atoms with Crippen molar-refractivity contribution in [2.75, 3.05) is 49.8 Å². The van der Waals surface area contributed by atoms with E-state index in [9.17, 15) is 9.59 Å². The monoisotopic (exact) mass is 660 g/mol. The van der Waals surface area contributed by atoms with Crippen molar-refractivity contribution in [1.82, 2.24) is 9.97 Å². The maximum atomic E-state index is 15.9. The Morgan fingerprint density at radius 3 is 2.48 bits per heavy atom. The molecule has 2 fully saturated rings. The van der Waals surface area contributed by atoms with E-state index in [1.807, 2.05) is 58.9 Å². The largest absolute Gasteiger partial charge is 0.497 e. The summed E-state index contributed by atoms with van der Waals surface area (Å²) in [6.45, 7) is 12.3. The first-order chi connectivity index (χ1) is 23.0. The summed E-state index contributed by atoms with van der Waals surface area (Å²) in [5, 5.41) is 0. The Kier molecular flexibility index (Phi) is 11.2. The molecule has 48 heavy (non-hydrogen) atoms. The van der Waals surface area contributed by atoms with Crippen molar-refractivity contribution < 1.29 is 28.2 Å². The molecule has 10 heteroatoms. The zero-order valence-corrected chi connectivity index (χ0v) is 29.1. The molecule has 2 aliphatic rings. The summed E-state index contributed by atoms with van der Waals surface area (Å²) < 4.78 is 32.7. The Morgan fingerprint density at radius 1 is 1.08 bits per heavy atom. The number of aromatic nitrogens is 2. The molecule has 1 amide bonds. The standard InChI is InChI=1S/C38H49FN4O5/c1-7-47-35(44)22-30(27-11-12-27)28-13-16-40-34(19-28)48-23-26-14-17-42(18-15-26)32-21-29(46-6)20-31(39)36(32)37(45)43(24-38(3,4)5)33-10-8-9-25(2)41-33/h8-10,13,16,19-21,26-27,30H,7,11-12,14-15,17-18,22-24H2,1-6H3. The van der Waals surface area contributed by atoms with E-state index in [0.29, 0.717) is 68.3 Å². The molecule has 1 saturated heterocycles.